The average molecular weight is 429 g/mol. The van der Waals surface area contributed by atoms with Gasteiger partial charge in [0.05, 0.1) is 10.5 Å². The summed E-state index contributed by atoms with van der Waals surface area (Å²) in [5, 5.41) is 32.2. The number of hydrogen-bond donors (Lipinski definition) is 3. The van der Waals surface area contributed by atoms with Crippen molar-refractivity contribution in [2.24, 2.45) is 0 Å². The third-order valence-electron chi connectivity index (χ3n) is 3.66. The number of hydrogen-bond acceptors (Lipinski definition) is 6. The highest BCUT2D eigenvalue weighted by Gasteiger charge is 2.24. The van der Waals surface area contributed by atoms with Crippen molar-refractivity contribution >= 4 is 46.7 Å². The number of carbonyl (C=O) groups is 2. The highest BCUT2D eigenvalue weighted by Crippen LogP contribution is 2.28. The van der Waals surface area contributed by atoms with Crippen LogP contribution in [0.1, 0.15) is 15.9 Å². The van der Waals surface area contributed by atoms with Crippen LogP contribution >= 0.6 is 23.4 Å². The van der Waals surface area contributed by atoms with Crippen molar-refractivity contribution in [3.05, 3.63) is 68.5 Å². The van der Waals surface area contributed by atoms with Crippen LogP contribution in [0, 0.1) is 15.9 Å². The Morgan fingerprint density at radius 3 is 2.57 bits per heavy atom. The molecule has 0 radical (unpaired) electrons. The van der Waals surface area contributed by atoms with Crippen LogP contribution in [0.5, 0.6) is 0 Å². The van der Waals surface area contributed by atoms with E-state index in [1.165, 1.54) is 18.2 Å². The molecule has 0 unspecified atom stereocenters. The number of nitro benzene ring substituents is 1. The molecule has 0 aliphatic heterocycles. The zero-order valence-electron chi connectivity index (χ0n) is 14.1. The molecule has 28 heavy (non-hydrogen) atoms. The maximum Gasteiger partial charge on any atom is 0.335 e. The third kappa shape index (κ3) is 5.33. The molecule has 0 aliphatic rings. The molecule has 2 aromatic carbocycles. The number of aliphatic carboxylic acids is 1. The Hall–Kier alpha value is -2.85. The number of halogens is 2. The lowest BCUT2D eigenvalue weighted by molar-refractivity contribution is -0.384. The number of anilines is 1. The molecule has 1 atom stereocenters. The van der Waals surface area contributed by atoms with Crippen molar-refractivity contribution in [2.75, 3.05) is 11.1 Å². The van der Waals surface area contributed by atoms with E-state index >= 15 is 0 Å². The van der Waals surface area contributed by atoms with Gasteiger partial charge in [0.15, 0.2) is 0 Å². The summed E-state index contributed by atoms with van der Waals surface area (Å²) in [4.78, 5) is 32.8. The molecule has 0 saturated heterocycles. The Labute approximate surface area is 167 Å². The zero-order chi connectivity index (χ0) is 20.8. The number of carboxylic acids is 2. The minimum absolute atomic E-state index is 0.0438. The summed E-state index contributed by atoms with van der Waals surface area (Å²) in [5.41, 5.74) is -0.761. The summed E-state index contributed by atoms with van der Waals surface area (Å²) >= 11 is 7.01. The number of thioether (sulfide) groups is 1. The van der Waals surface area contributed by atoms with Crippen LogP contribution in [0.3, 0.4) is 0 Å². The van der Waals surface area contributed by atoms with E-state index in [-0.39, 0.29) is 33.3 Å². The van der Waals surface area contributed by atoms with E-state index in [0.717, 1.165) is 30.0 Å². The highest BCUT2D eigenvalue weighted by molar-refractivity contribution is 7.98. The van der Waals surface area contributed by atoms with Gasteiger partial charge >= 0.3 is 11.9 Å². The summed E-state index contributed by atoms with van der Waals surface area (Å²) in [5.74, 6) is -3.07. The maximum absolute atomic E-state index is 13.8. The van der Waals surface area contributed by atoms with Crippen molar-refractivity contribution in [2.45, 2.75) is 11.8 Å². The SMILES string of the molecule is O=C(O)c1ccc(N[C@H](CSCc2c(F)cccc2Cl)C(=O)O)c([N+](=O)[O-])c1. The molecule has 148 valence electrons. The normalized spacial score (nSPS) is 11.6. The fourth-order valence-corrected chi connectivity index (χ4v) is 3.64. The van der Waals surface area contributed by atoms with E-state index in [1.54, 1.807) is 0 Å². The van der Waals surface area contributed by atoms with Crippen LogP contribution in [-0.2, 0) is 10.5 Å². The van der Waals surface area contributed by atoms with E-state index in [9.17, 15) is 29.2 Å². The number of aromatic carboxylic acids is 1. The van der Waals surface area contributed by atoms with Crippen LogP contribution in [0.2, 0.25) is 5.02 Å². The second-order valence-electron chi connectivity index (χ2n) is 5.54. The minimum Gasteiger partial charge on any atom is -0.480 e. The number of nitro groups is 1. The van der Waals surface area contributed by atoms with Gasteiger partial charge in [-0.1, -0.05) is 17.7 Å². The van der Waals surface area contributed by atoms with Crippen LogP contribution in [0.25, 0.3) is 0 Å². The van der Waals surface area contributed by atoms with Crippen molar-refractivity contribution in [3.8, 4) is 0 Å². The molecule has 0 heterocycles. The van der Waals surface area contributed by atoms with Crippen molar-refractivity contribution in [1.82, 2.24) is 0 Å². The Bertz CT molecular complexity index is 906. The topological polar surface area (TPSA) is 130 Å². The minimum atomic E-state index is -1.35. The number of carboxylic acid groups (broad SMARTS) is 2. The summed E-state index contributed by atoms with van der Waals surface area (Å²) in [6.45, 7) is 0. The molecule has 0 fully saturated rings. The molecule has 2 rings (SSSR count). The number of nitrogens with zero attached hydrogens (tertiary/aromatic N) is 1. The van der Waals surface area contributed by atoms with Crippen LogP contribution in [-0.4, -0.2) is 38.9 Å². The number of nitrogens with one attached hydrogen (secondary N) is 1. The molecular weight excluding hydrogens is 415 g/mol. The van der Waals surface area contributed by atoms with Gasteiger partial charge in [0.2, 0.25) is 0 Å². The summed E-state index contributed by atoms with van der Waals surface area (Å²) in [7, 11) is 0. The molecule has 0 saturated carbocycles. The summed E-state index contributed by atoms with van der Waals surface area (Å²) in [6.07, 6.45) is 0. The van der Waals surface area contributed by atoms with Gasteiger partial charge in [0.1, 0.15) is 17.5 Å². The first-order valence-corrected chi connectivity index (χ1v) is 9.25. The van der Waals surface area contributed by atoms with Gasteiger partial charge in [-0.15, -0.1) is 0 Å². The quantitative estimate of drug-likeness (QED) is 0.405. The third-order valence-corrected chi connectivity index (χ3v) is 5.08. The molecule has 8 nitrogen and oxygen atoms in total. The summed E-state index contributed by atoms with van der Waals surface area (Å²) < 4.78 is 13.8. The molecule has 0 bridgehead atoms. The van der Waals surface area contributed by atoms with Gasteiger partial charge in [-0.3, -0.25) is 10.1 Å². The Morgan fingerprint density at radius 2 is 2.00 bits per heavy atom. The lowest BCUT2D eigenvalue weighted by atomic mass is 10.1. The van der Waals surface area contributed by atoms with Crippen molar-refractivity contribution in [1.29, 1.82) is 0 Å². The van der Waals surface area contributed by atoms with Crippen LogP contribution < -0.4 is 5.32 Å². The van der Waals surface area contributed by atoms with E-state index in [4.69, 9.17) is 16.7 Å². The molecule has 3 N–H and O–H groups in total. The Kier molecular flexibility index (Phi) is 7.18. The first-order valence-electron chi connectivity index (χ1n) is 7.72. The molecule has 2 aromatic rings. The van der Waals surface area contributed by atoms with Gasteiger partial charge < -0.3 is 15.5 Å². The first-order chi connectivity index (χ1) is 13.2. The predicted molar refractivity (Wildman–Crippen MR) is 103 cm³/mol. The Morgan fingerprint density at radius 1 is 1.29 bits per heavy atom. The fourth-order valence-electron chi connectivity index (χ4n) is 2.25. The van der Waals surface area contributed by atoms with E-state index < -0.39 is 34.4 Å². The lowest BCUT2D eigenvalue weighted by Gasteiger charge is -2.16. The monoisotopic (exact) mass is 428 g/mol. The molecule has 0 spiro atoms. The number of rotatable bonds is 9. The summed E-state index contributed by atoms with van der Waals surface area (Å²) in [6, 6.07) is 6.08. The van der Waals surface area contributed by atoms with Crippen molar-refractivity contribution < 1.29 is 29.1 Å². The van der Waals surface area contributed by atoms with Gasteiger partial charge in [0, 0.05) is 28.2 Å². The zero-order valence-corrected chi connectivity index (χ0v) is 15.7. The smallest absolute Gasteiger partial charge is 0.335 e. The van der Waals surface area contributed by atoms with Crippen molar-refractivity contribution in [3.63, 3.8) is 0 Å². The maximum atomic E-state index is 13.8. The molecule has 0 aliphatic carbocycles. The Balaban J connectivity index is 2.14. The average Bonchev–Trinajstić information content (AvgIpc) is 2.62. The largest absolute Gasteiger partial charge is 0.480 e. The standard InChI is InChI=1S/C17H14ClFN2O6S/c18-11-2-1-3-12(19)10(11)7-28-8-14(17(24)25)20-13-5-4-9(16(22)23)6-15(13)21(26)27/h1-6,14,20H,7-8H2,(H,22,23)(H,24,25)/t14-/m1/s1. The van der Waals surface area contributed by atoms with Gasteiger partial charge in [-0.05, 0) is 24.3 Å². The highest BCUT2D eigenvalue weighted by atomic mass is 35.5. The predicted octanol–water partition coefficient (Wildman–Crippen LogP) is 3.88. The lowest BCUT2D eigenvalue weighted by Crippen LogP contribution is -2.32. The fraction of sp³-hybridized carbons (Fsp3) is 0.176. The first kappa shape index (κ1) is 21.5. The molecule has 11 heteroatoms. The van der Waals surface area contributed by atoms with Crippen LogP contribution in [0.4, 0.5) is 15.8 Å². The molecule has 0 aromatic heterocycles. The van der Waals surface area contributed by atoms with E-state index in [1.807, 2.05) is 0 Å². The van der Waals surface area contributed by atoms with Gasteiger partial charge in [-0.25, -0.2) is 14.0 Å². The van der Waals surface area contributed by atoms with Gasteiger partial charge in [0.25, 0.3) is 5.69 Å². The van der Waals surface area contributed by atoms with Gasteiger partial charge in [-0.2, -0.15) is 11.8 Å². The van der Waals surface area contributed by atoms with E-state index in [0.29, 0.717) is 0 Å². The second-order valence-corrected chi connectivity index (χ2v) is 6.98. The number of benzene rings is 2. The molecular formula is C17H14ClFN2O6S. The van der Waals surface area contributed by atoms with E-state index in [2.05, 4.69) is 5.32 Å². The van der Waals surface area contributed by atoms with Crippen LogP contribution in [0.15, 0.2) is 36.4 Å². The molecule has 0 amide bonds. The second kappa shape index (κ2) is 9.38.